The molecule has 1 aromatic heterocycles. The number of benzene rings is 1. The van der Waals surface area contributed by atoms with Crippen LogP contribution >= 0.6 is 11.6 Å². The minimum absolute atomic E-state index is 0.263. The summed E-state index contributed by atoms with van der Waals surface area (Å²) in [6.07, 6.45) is 3.77. The molecule has 3 rings (SSSR count). The Bertz CT molecular complexity index is 683. The lowest BCUT2D eigenvalue weighted by Crippen LogP contribution is -2.42. The van der Waals surface area contributed by atoms with Crippen molar-refractivity contribution in [3.05, 3.63) is 35.5 Å². The van der Waals surface area contributed by atoms with Crippen LogP contribution in [-0.2, 0) is 4.79 Å². The number of piperidine rings is 1. The van der Waals surface area contributed by atoms with E-state index in [0.29, 0.717) is 17.6 Å². The number of carbonyl (C=O) groups excluding carboxylic acids is 1. The van der Waals surface area contributed by atoms with Crippen molar-refractivity contribution in [1.29, 1.82) is 0 Å². The number of primary amides is 1. The summed E-state index contributed by atoms with van der Waals surface area (Å²) in [4.78, 5) is 17.4. The van der Waals surface area contributed by atoms with Crippen molar-refractivity contribution in [2.45, 2.75) is 18.9 Å². The molecule has 3 N–H and O–H groups in total. The molecular formula is C16H19ClN4O. The minimum Gasteiger partial charge on any atom is -0.382 e. The van der Waals surface area contributed by atoms with Gasteiger partial charge >= 0.3 is 0 Å². The monoisotopic (exact) mass is 318 g/mol. The first-order chi connectivity index (χ1) is 10.6. The van der Waals surface area contributed by atoms with Gasteiger partial charge < -0.3 is 11.1 Å². The molecule has 22 heavy (non-hydrogen) atoms. The first kappa shape index (κ1) is 15.1. The van der Waals surface area contributed by atoms with E-state index in [0.717, 1.165) is 42.5 Å². The zero-order chi connectivity index (χ0) is 15.5. The van der Waals surface area contributed by atoms with Crippen molar-refractivity contribution in [2.24, 2.45) is 5.73 Å². The Morgan fingerprint density at radius 3 is 2.86 bits per heavy atom. The largest absolute Gasteiger partial charge is 0.382 e. The van der Waals surface area contributed by atoms with Gasteiger partial charge in [-0.2, -0.15) is 0 Å². The van der Waals surface area contributed by atoms with Crippen LogP contribution in [0, 0.1) is 0 Å². The lowest BCUT2D eigenvalue weighted by molar-refractivity contribution is -0.119. The van der Waals surface area contributed by atoms with Gasteiger partial charge in [0.1, 0.15) is 0 Å². The van der Waals surface area contributed by atoms with Gasteiger partial charge in [0.25, 0.3) is 0 Å². The second-order valence-electron chi connectivity index (χ2n) is 5.68. The number of hydrogen-bond acceptors (Lipinski definition) is 4. The molecule has 1 fully saturated rings. The molecule has 6 heteroatoms. The molecule has 0 radical (unpaired) electrons. The molecule has 0 saturated carbocycles. The van der Waals surface area contributed by atoms with E-state index in [1.807, 2.05) is 24.3 Å². The van der Waals surface area contributed by atoms with Gasteiger partial charge in [0.2, 0.25) is 5.91 Å². The highest BCUT2D eigenvalue weighted by Crippen LogP contribution is 2.26. The number of hydrogen-bond donors (Lipinski definition) is 2. The Hall–Kier alpha value is -1.85. The van der Waals surface area contributed by atoms with Crippen molar-refractivity contribution in [1.82, 2.24) is 9.88 Å². The lowest BCUT2D eigenvalue weighted by atomic mass is 10.0. The second kappa shape index (κ2) is 6.50. The number of pyridine rings is 1. The highest BCUT2D eigenvalue weighted by molar-refractivity contribution is 6.31. The van der Waals surface area contributed by atoms with Crippen molar-refractivity contribution in [3.63, 3.8) is 0 Å². The first-order valence-electron chi connectivity index (χ1n) is 7.43. The zero-order valence-electron chi connectivity index (χ0n) is 12.3. The van der Waals surface area contributed by atoms with E-state index in [4.69, 9.17) is 17.3 Å². The Labute approximate surface area is 134 Å². The van der Waals surface area contributed by atoms with Crippen LogP contribution in [0.3, 0.4) is 0 Å². The third-order valence-electron chi connectivity index (χ3n) is 4.03. The molecule has 0 bridgehead atoms. The number of nitrogens with one attached hydrogen (secondary N) is 1. The number of nitrogens with two attached hydrogens (primary N) is 1. The minimum atomic E-state index is -0.263. The molecular weight excluding hydrogens is 300 g/mol. The molecule has 0 spiro atoms. The number of amides is 1. The van der Waals surface area contributed by atoms with Gasteiger partial charge in [-0.05, 0) is 37.1 Å². The van der Waals surface area contributed by atoms with Gasteiger partial charge in [-0.1, -0.05) is 11.6 Å². The fourth-order valence-electron chi connectivity index (χ4n) is 2.92. The maximum atomic E-state index is 11.0. The van der Waals surface area contributed by atoms with Crippen molar-refractivity contribution < 1.29 is 4.79 Å². The van der Waals surface area contributed by atoms with Crippen molar-refractivity contribution in [2.75, 3.05) is 25.0 Å². The van der Waals surface area contributed by atoms with Crippen LogP contribution in [0.5, 0.6) is 0 Å². The topological polar surface area (TPSA) is 71.2 Å². The smallest absolute Gasteiger partial charge is 0.231 e. The zero-order valence-corrected chi connectivity index (χ0v) is 13.0. The maximum Gasteiger partial charge on any atom is 0.231 e. The van der Waals surface area contributed by atoms with E-state index in [9.17, 15) is 4.79 Å². The maximum absolute atomic E-state index is 11.0. The highest BCUT2D eigenvalue weighted by atomic mass is 35.5. The van der Waals surface area contributed by atoms with Crippen LogP contribution in [0.4, 0.5) is 5.69 Å². The molecule has 1 amide bonds. The summed E-state index contributed by atoms with van der Waals surface area (Å²) in [5, 5.41) is 5.33. The second-order valence-corrected chi connectivity index (χ2v) is 6.12. The number of nitrogens with zero attached hydrogens (tertiary/aromatic N) is 2. The van der Waals surface area contributed by atoms with Crippen LogP contribution in [0.1, 0.15) is 12.8 Å². The number of likely N-dealkylation sites (tertiary alicyclic amines) is 1. The third kappa shape index (κ3) is 3.48. The predicted octanol–water partition coefficient (Wildman–Crippen LogP) is 2.25. The summed E-state index contributed by atoms with van der Waals surface area (Å²) >= 11 is 6.09. The summed E-state index contributed by atoms with van der Waals surface area (Å²) in [6, 6.07) is 8.08. The number of aromatic nitrogens is 1. The van der Waals surface area contributed by atoms with E-state index < -0.39 is 0 Å². The van der Waals surface area contributed by atoms with Gasteiger partial charge in [-0.15, -0.1) is 0 Å². The molecule has 2 aromatic rings. The molecule has 0 unspecified atom stereocenters. The summed E-state index contributed by atoms with van der Waals surface area (Å²) in [6.45, 7) is 2.11. The Morgan fingerprint density at radius 1 is 1.36 bits per heavy atom. The van der Waals surface area contributed by atoms with E-state index in [2.05, 4.69) is 15.2 Å². The molecule has 1 aliphatic heterocycles. The molecule has 1 aromatic carbocycles. The molecule has 0 aliphatic carbocycles. The fraction of sp³-hybridized carbons (Fsp3) is 0.375. The summed E-state index contributed by atoms with van der Waals surface area (Å²) < 4.78 is 0. The Morgan fingerprint density at radius 2 is 2.14 bits per heavy atom. The first-order valence-corrected chi connectivity index (χ1v) is 7.81. The van der Waals surface area contributed by atoms with Crippen LogP contribution in [-0.4, -0.2) is 41.5 Å². The summed E-state index contributed by atoms with van der Waals surface area (Å²) in [5.74, 6) is -0.263. The normalized spacial score (nSPS) is 16.8. The van der Waals surface area contributed by atoms with Crippen LogP contribution < -0.4 is 11.1 Å². The van der Waals surface area contributed by atoms with Gasteiger partial charge in [0.05, 0.1) is 12.1 Å². The van der Waals surface area contributed by atoms with Gasteiger partial charge in [0.15, 0.2) is 0 Å². The quantitative estimate of drug-likeness (QED) is 0.907. The average molecular weight is 319 g/mol. The van der Waals surface area contributed by atoms with E-state index in [1.54, 1.807) is 6.20 Å². The molecule has 5 nitrogen and oxygen atoms in total. The SMILES string of the molecule is NC(=O)CN1CCC(Nc2ccnc3ccc(Cl)cc23)CC1. The number of halogens is 1. The van der Waals surface area contributed by atoms with Crippen LogP contribution in [0.2, 0.25) is 5.02 Å². The van der Waals surface area contributed by atoms with Gasteiger partial charge in [-0.25, -0.2) is 0 Å². The highest BCUT2D eigenvalue weighted by Gasteiger charge is 2.20. The standard InChI is InChI=1S/C16H19ClN4O/c17-11-1-2-14-13(9-11)15(3-6-19-14)20-12-4-7-21(8-5-12)10-16(18)22/h1-3,6,9,12H,4-5,7-8,10H2,(H2,18,22)(H,19,20). The third-order valence-corrected chi connectivity index (χ3v) is 4.27. The van der Waals surface area contributed by atoms with Crippen molar-refractivity contribution >= 4 is 34.1 Å². The van der Waals surface area contributed by atoms with Gasteiger partial charge in [-0.3, -0.25) is 14.7 Å². The number of carbonyl (C=O) groups is 1. The Balaban J connectivity index is 1.69. The Kier molecular flexibility index (Phi) is 4.45. The fourth-order valence-corrected chi connectivity index (χ4v) is 3.09. The van der Waals surface area contributed by atoms with E-state index in [1.165, 1.54) is 0 Å². The number of anilines is 1. The average Bonchev–Trinajstić information content (AvgIpc) is 2.49. The molecule has 1 aliphatic rings. The van der Waals surface area contributed by atoms with E-state index in [-0.39, 0.29) is 5.91 Å². The number of rotatable bonds is 4. The van der Waals surface area contributed by atoms with Crippen LogP contribution in [0.15, 0.2) is 30.5 Å². The lowest BCUT2D eigenvalue weighted by Gasteiger charge is -2.32. The molecule has 0 atom stereocenters. The number of fused-ring (bicyclic) bond motifs is 1. The van der Waals surface area contributed by atoms with E-state index >= 15 is 0 Å². The summed E-state index contributed by atoms with van der Waals surface area (Å²) in [5.41, 5.74) is 7.23. The molecule has 116 valence electrons. The molecule has 1 saturated heterocycles. The van der Waals surface area contributed by atoms with Gasteiger partial charge in [0, 0.05) is 41.4 Å². The summed E-state index contributed by atoms with van der Waals surface area (Å²) in [7, 11) is 0. The predicted molar refractivity (Wildman–Crippen MR) is 89.0 cm³/mol. The van der Waals surface area contributed by atoms with Crippen molar-refractivity contribution in [3.8, 4) is 0 Å². The molecule has 2 heterocycles. The van der Waals surface area contributed by atoms with Crippen LogP contribution in [0.25, 0.3) is 10.9 Å².